The molecule has 7 heteroatoms. The Balaban J connectivity index is 2.44. The highest BCUT2D eigenvalue weighted by atomic mass is 16.5. The van der Waals surface area contributed by atoms with E-state index in [0.717, 1.165) is 17.7 Å². The number of hydrogen-bond donors (Lipinski definition) is 2. The number of hydrazone groups is 1. The van der Waals surface area contributed by atoms with Gasteiger partial charge < -0.3 is 14.8 Å². The molecule has 0 saturated heterocycles. The van der Waals surface area contributed by atoms with Crippen LogP contribution in [0, 0.1) is 0 Å². The molecule has 1 rings (SSSR count). The molecule has 0 saturated carbocycles. The first kappa shape index (κ1) is 17.6. The van der Waals surface area contributed by atoms with Crippen molar-refractivity contribution in [1.29, 1.82) is 0 Å². The van der Waals surface area contributed by atoms with Crippen LogP contribution in [0.15, 0.2) is 29.4 Å². The van der Waals surface area contributed by atoms with Crippen LogP contribution >= 0.6 is 0 Å². The number of nitrogens with one attached hydrogen (secondary N) is 2. The van der Waals surface area contributed by atoms with Gasteiger partial charge in [0.2, 0.25) is 0 Å². The summed E-state index contributed by atoms with van der Waals surface area (Å²) in [6, 6.07) is 7.28. The fourth-order valence-corrected chi connectivity index (χ4v) is 1.47. The number of nitrogens with zero attached hydrogens (tertiary/aromatic N) is 1. The number of amides is 2. The molecule has 2 N–H and O–H groups in total. The first-order valence-corrected chi connectivity index (χ1v) is 7.00. The van der Waals surface area contributed by atoms with Crippen molar-refractivity contribution < 1.29 is 19.1 Å². The lowest BCUT2D eigenvalue weighted by Crippen LogP contribution is -2.39. The number of hydrogen-bond acceptors (Lipinski definition) is 5. The lowest BCUT2D eigenvalue weighted by molar-refractivity contribution is -0.139. The van der Waals surface area contributed by atoms with Crippen LogP contribution in [-0.4, -0.2) is 44.9 Å². The molecule has 1 aromatic rings. The molecule has 2 amide bonds. The van der Waals surface area contributed by atoms with Crippen molar-refractivity contribution in [2.24, 2.45) is 5.10 Å². The topological polar surface area (TPSA) is 89.0 Å². The predicted molar refractivity (Wildman–Crippen MR) is 82.9 cm³/mol. The molecule has 0 atom stereocenters. The van der Waals surface area contributed by atoms with Gasteiger partial charge in [-0.1, -0.05) is 19.1 Å². The van der Waals surface area contributed by atoms with E-state index >= 15 is 0 Å². The van der Waals surface area contributed by atoms with Crippen LogP contribution in [0.2, 0.25) is 0 Å². The Hall–Kier alpha value is -2.41. The number of rotatable bonds is 8. The van der Waals surface area contributed by atoms with Crippen molar-refractivity contribution in [3.8, 4) is 5.75 Å². The van der Waals surface area contributed by atoms with E-state index in [4.69, 9.17) is 9.47 Å². The molecular weight excluding hydrogens is 286 g/mol. The molecule has 0 unspecified atom stereocenters. The maximum atomic E-state index is 11.4. The van der Waals surface area contributed by atoms with Crippen LogP contribution in [-0.2, 0) is 14.3 Å². The van der Waals surface area contributed by atoms with Gasteiger partial charge in [0.05, 0.1) is 19.4 Å². The van der Waals surface area contributed by atoms with Crippen molar-refractivity contribution in [3.05, 3.63) is 29.8 Å². The van der Waals surface area contributed by atoms with Gasteiger partial charge >= 0.3 is 11.8 Å². The molecule has 0 aromatic heterocycles. The first-order chi connectivity index (χ1) is 10.7. The van der Waals surface area contributed by atoms with Crippen LogP contribution in [0.5, 0.6) is 5.75 Å². The summed E-state index contributed by atoms with van der Waals surface area (Å²) in [6.45, 7) is 3.27. The highest BCUT2D eigenvalue weighted by Crippen LogP contribution is 2.12. The van der Waals surface area contributed by atoms with Crippen LogP contribution in [0.25, 0.3) is 0 Å². The quantitative estimate of drug-likeness (QED) is 0.320. The van der Waals surface area contributed by atoms with Gasteiger partial charge in [0.25, 0.3) is 0 Å². The SMILES string of the molecule is CCCOc1cccc(/C=N\NC(=O)C(=O)NCCOC)c1. The summed E-state index contributed by atoms with van der Waals surface area (Å²) in [4.78, 5) is 22.8. The molecule has 22 heavy (non-hydrogen) atoms. The van der Waals surface area contributed by atoms with E-state index in [9.17, 15) is 9.59 Å². The summed E-state index contributed by atoms with van der Waals surface area (Å²) < 4.78 is 10.3. The summed E-state index contributed by atoms with van der Waals surface area (Å²) in [6.07, 6.45) is 2.37. The Morgan fingerprint density at radius 1 is 1.27 bits per heavy atom. The molecular formula is C15H21N3O4. The van der Waals surface area contributed by atoms with Crippen molar-refractivity contribution in [2.75, 3.05) is 26.9 Å². The Labute approximate surface area is 129 Å². The second-order valence-electron chi connectivity index (χ2n) is 4.37. The predicted octanol–water partition coefficient (Wildman–Crippen LogP) is 0.688. The average molecular weight is 307 g/mol. The zero-order chi connectivity index (χ0) is 16.2. The molecule has 0 heterocycles. The Morgan fingerprint density at radius 3 is 2.82 bits per heavy atom. The minimum absolute atomic E-state index is 0.267. The molecule has 0 aliphatic carbocycles. The summed E-state index contributed by atoms with van der Waals surface area (Å²) in [7, 11) is 1.51. The summed E-state index contributed by atoms with van der Waals surface area (Å²) in [5, 5.41) is 6.13. The van der Waals surface area contributed by atoms with E-state index in [-0.39, 0.29) is 6.54 Å². The van der Waals surface area contributed by atoms with Crippen LogP contribution < -0.4 is 15.5 Å². The monoisotopic (exact) mass is 307 g/mol. The van der Waals surface area contributed by atoms with Gasteiger partial charge in [-0.3, -0.25) is 9.59 Å². The van der Waals surface area contributed by atoms with Gasteiger partial charge in [0.1, 0.15) is 5.75 Å². The number of carbonyl (C=O) groups is 2. The van der Waals surface area contributed by atoms with Crippen molar-refractivity contribution >= 4 is 18.0 Å². The molecule has 120 valence electrons. The van der Waals surface area contributed by atoms with Gasteiger partial charge in [-0.15, -0.1) is 0 Å². The van der Waals surface area contributed by atoms with Gasteiger partial charge in [0, 0.05) is 13.7 Å². The number of ether oxygens (including phenoxy) is 2. The van der Waals surface area contributed by atoms with Crippen LogP contribution in [0.4, 0.5) is 0 Å². The van der Waals surface area contributed by atoms with Crippen molar-refractivity contribution in [1.82, 2.24) is 10.7 Å². The second kappa shape index (κ2) is 10.3. The van der Waals surface area contributed by atoms with E-state index in [2.05, 4.69) is 15.8 Å². The Morgan fingerprint density at radius 2 is 2.09 bits per heavy atom. The second-order valence-corrected chi connectivity index (χ2v) is 4.37. The van der Waals surface area contributed by atoms with E-state index < -0.39 is 11.8 Å². The smallest absolute Gasteiger partial charge is 0.329 e. The Kier molecular flexibility index (Phi) is 8.29. The highest BCUT2D eigenvalue weighted by Gasteiger charge is 2.11. The molecule has 0 radical (unpaired) electrons. The average Bonchev–Trinajstić information content (AvgIpc) is 2.53. The number of benzene rings is 1. The van der Waals surface area contributed by atoms with Gasteiger partial charge in [0.15, 0.2) is 0 Å². The van der Waals surface area contributed by atoms with Gasteiger partial charge in [-0.25, -0.2) is 5.43 Å². The summed E-state index contributed by atoms with van der Waals surface area (Å²) in [5.74, 6) is -0.852. The fraction of sp³-hybridized carbons (Fsp3) is 0.400. The van der Waals surface area contributed by atoms with E-state index in [1.165, 1.54) is 13.3 Å². The largest absolute Gasteiger partial charge is 0.494 e. The lowest BCUT2D eigenvalue weighted by Gasteiger charge is -2.04. The minimum atomic E-state index is -0.828. The molecule has 0 aliphatic heterocycles. The summed E-state index contributed by atoms with van der Waals surface area (Å²) in [5.41, 5.74) is 2.92. The van der Waals surface area contributed by atoms with Crippen LogP contribution in [0.3, 0.4) is 0 Å². The van der Waals surface area contributed by atoms with Gasteiger partial charge in [-0.2, -0.15) is 5.10 Å². The minimum Gasteiger partial charge on any atom is -0.494 e. The standard InChI is InChI=1S/C15H21N3O4/c1-3-8-22-13-6-4-5-12(10-13)11-17-18-15(20)14(19)16-7-9-21-2/h4-6,10-11H,3,7-9H2,1-2H3,(H,16,19)(H,18,20)/b17-11-. The first-order valence-electron chi connectivity index (χ1n) is 7.00. The maximum absolute atomic E-state index is 11.4. The van der Waals surface area contributed by atoms with Crippen molar-refractivity contribution in [3.63, 3.8) is 0 Å². The number of methoxy groups -OCH3 is 1. The molecule has 1 aromatic carbocycles. The summed E-state index contributed by atoms with van der Waals surface area (Å²) >= 11 is 0. The van der Waals surface area contributed by atoms with E-state index in [1.54, 1.807) is 6.07 Å². The molecule has 0 bridgehead atoms. The molecule has 0 spiro atoms. The van der Waals surface area contributed by atoms with Crippen molar-refractivity contribution in [2.45, 2.75) is 13.3 Å². The third-order valence-corrected chi connectivity index (χ3v) is 2.51. The lowest BCUT2D eigenvalue weighted by atomic mass is 10.2. The molecule has 7 nitrogen and oxygen atoms in total. The zero-order valence-corrected chi connectivity index (χ0v) is 12.8. The Bertz CT molecular complexity index is 517. The fourth-order valence-electron chi connectivity index (χ4n) is 1.47. The highest BCUT2D eigenvalue weighted by molar-refractivity contribution is 6.35. The number of carbonyl (C=O) groups excluding carboxylic acids is 2. The van der Waals surface area contributed by atoms with E-state index in [0.29, 0.717) is 13.2 Å². The third-order valence-electron chi connectivity index (χ3n) is 2.51. The zero-order valence-electron chi connectivity index (χ0n) is 12.8. The van der Waals surface area contributed by atoms with Crippen LogP contribution in [0.1, 0.15) is 18.9 Å². The molecule has 0 aliphatic rings. The van der Waals surface area contributed by atoms with Gasteiger partial charge in [-0.05, 0) is 24.1 Å². The normalized spacial score (nSPS) is 10.5. The maximum Gasteiger partial charge on any atom is 0.329 e. The molecule has 0 fully saturated rings. The third kappa shape index (κ3) is 6.85. The van der Waals surface area contributed by atoms with E-state index in [1.807, 2.05) is 25.1 Å².